The highest BCUT2D eigenvalue weighted by atomic mass is 16.5. The topological polar surface area (TPSA) is 69.7 Å². The summed E-state index contributed by atoms with van der Waals surface area (Å²) in [7, 11) is 2.62. The molecule has 0 aromatic heterocycles. The number of ketones is 1. The highest BCUT2D eigenvalue weighted by Crippen LogP contribution is 2.56. The maximum Gasteiger partial charge on any atom is 0.324 e. The summed E-state index contributed by atoms with van der Waals surface area (Å²) in [6.45, 7) is 0. The van der Waals surface area contributed by atoms with Gasteiger partial charge in [0.15, 0.2) is 5.41 Å². The first-order valence-corrected chi connectivity index (χ1v) is 9.79. The van der Waals surface area contributed by atoms with Crippen molar-refractivity contribution in [3.05, 3.63) is 35.9 Å². The van der Waals surface area contributed by atoms with Gasteiger partial charge in [0.2, 0.25) is 0 Å². The first-order chi connectivity index (χ1) is 13.1. The van der Waals surface area contributed by atoms with Crippen LogP contribution in [-0.4, -0.2) is 31.9 Å². The Kier molecular flexibility index (Phi) is 5.98. The maximum absolute atomic E-state index is 13.2. The van der Waals surface area contributed by atoms with Gasteiger partial charge in [-0.25, -0.2) is 0 Å². The number of methoxy groups -OCH3 is 2. The lowest BCUT2D eigenvalue weighted by molar-refractivity contribution is -0.182. The molecule has 2 aliphatic rings. The van der Waals surface area contributed by atoms with Crippen LogP contribution in [0, 0.1) is 17.3 Å². The monoisotopic (exact) mass is 372 g/mol. The van der Waals surface area contributed by atoms with Crippen LogP contribution in [-0.2, 0) is 23.9 Å². The molecule has 2 atom stereocenters. The van der Waals surface area contributed by atoms with Crippen LogP contribution in [0.25, 0.3) is 0 Å². The third-order valence-electron chi connectivity index (χ3n) is 6.48. The maximum atomic E-state index is 13.2. The Labute approximate surface area is 160 Å². The normalized spacial score (nSPS) is 25.6. The van der Waals surface area contributed by atoms with Gasteiger partial charge in [-0.1, -0.05) is 62.4 Å². The predicted octanol–water partition coefficient (Wildman–Crippen LogP) is 3.66. The van der Waals surface area contributed by atoms with E-state index in [-0.39, 0.29) is 30.5 Å². The van der Waals surface area contributed by atoms with E-state index in [1.807, 2.05) is 30.3 Å². The van der Waals surface area contributed by atoms with Gasteiger partial charge in [0.05, 0.1) is 14.2 Å². The summed E-state index contributed by atoms with van der Waals surface area (Å²) in [6.07, 6.45) is 5.51. The van der Waals surface area contributed by atoms with Crippen molar-refractivity contribution in [3.63, 3.8) is 0 Å². The molecule has 0 aliphatic heterocycles. The number of Topliss-reactive ketones (excluding diaryl/α,β-unsaturated/α-hetero) is 1. The second kappa shape index (κ2) is 8.24. The van der Waals surface area contributed by atoms with Gasteiger partial charge < -0.3 is 9.47 Å². The van der Waals surface area contributed by atoms with Gasteiger partial charge in [0.1, 0.15) is 5.78 Å². The number of carbonyl (C=O) groups excluding carboxylic acids is 3. The van der Waals surface area contributed by atoms with Crippen LogP contribution in [0.3, 0.4) is 0 Å². The molecule has 0 radical (unpaired) electrons. The molecule has 0 spiro atoms. The number of hydrogen-bond donors (Lipinski definition) is 0. The van der Waals surface area contributed by atoms with Gasteiger partial charge in [0, 0.05) is 18.8 Å². The number of carbonyl (C=O) groups is 3. The smallest absolute Gasteiger partial charge is 0.324 e. The van der Waals surface area contributed by atoms with E-state index in [1.54, 1.807) is 0 Å². The third kappa shape index (κ3) is 3.40. The van der Waals surface area contributed by atoms with Crippen molar-refractivity contribution in [2.75, 3.05) is 14.2 Å². The fourth-order valence-corrected chi connectivity index (χ4v) is 5.29. The zero-order valence-electron chi connectivity index (χ0n) is 16.1. The van der Waals surface area contributed by atoms with Crippen LogP contribution in [0.1, 0.15) is 56.4 Å². The van der Waals surface area contributed by atoms with Gasteiger partial charge in [-0.2, -0.15) is 0 Å². The Morgan fingerprint density at radius 1 is 0.926 bits per heavy atom. The molecule has 27 heavy (non-hydrogen) atoms. The summed E-state index contributed by atoms with van der Waals surface area (Å²) in [5.41, 5.74) is -0.664. The highest BCUT2D eigenvalue weighted by Gasteiger charge is 2.64. The Hall–Kier alpha value is -2.17. The second-order valence-electron chi connectivity index (χ2n) is 7.77. The number of esters is 2. The van der Waals surface area contributed by atoms with E-state index in [0.717, 1.165) is 37.7 Å². The molecule has 0 unspecified atom stereocenters. The van der Waals surface area contributed by atoms with Crippen LogP contribution in [0.15, 0.2) is 30.3 Å². The summed E-state index contributed by atoms with van der Waals surface area (Å²) >= 11 is 0. The van der Waals surface area contributed by atoms with Gasteiger partial charge >= 0.3 is 11.9 Å². The molecule has 2 fully saturated rings. The van der Waals surface area contributed by atoms with Crippen LogP contribution >= 0.6 is 0 Å². The van der Waals surface area contributed by atoms with Gasteiger partial charge in [-0.15, -0.1) is 0 Å². The summed E-state index contributed by atoms with van der Waals surface area (Å²) in [6, 6.07) is 9.36. The van der Waals surface area contributed by atoms with Crippen LogP contribution in [0.4, 0.5) is 0 Å². The zero-order valence-corrected chi connectivity index (χ0v) is 16.1. The molecule has 5 nitrogen and oxygen atoms in total. The lowest BCUT2D eigenvalue weighted by Gasteiger charge is -2.48. The van der Waals surface area contributed by atoms with E-state index in [4.69, 9.17) is 9.47 Å². The lowest BCUT2D eigenvalue weighted by atomic mass is 9.53. The predicted molar refractivity (Wildman–Crippen MR) is 100.0 cm³/mol. The van der Waals surface area contributed by atoms with Gasteiger partial charge in [-0.05, 0) is 17.4 Å². The molecule has 146 valence electrons. The first kappa shape index (κ1) is 19.6. The van der Waals surface area contributed by atoms with Crippen LogP contribution in [0.5, 0.6) is 0 Å². The fraction of sp³-hybridized carbons (Fsp3) is 0.591. The average Bonchev–Trinajstić information content (AvgIpc) is 2.73. The molecule has 0 N–H and O–H groups in total. The van der Waals surface area contributed by atoms with Crippen molar-refractivity contribution in [1.82, 2.24) is 0 Å². The molecule has 1 aromatic carbocycles. The quantitative estimate of drug-likeness (QED) is 0.596. The second-order valence-corrected chi connectivity index (χ2v) is 7.77. The third-order valence-corrected chi connectivity index (χ3v) is 6.48. The largest absolute Gasteiger partial charge is 0.468 e. The summed E-state index contributed by atoms with van der Waals surface area (Å²) in [4.78, 5) is 39.1. The standard InChI is InChI=1S/C22H28O5/c1-26-20(24)22(21(25)27-2)18(15-9-5-3-6-10-15)13-17(23)14-19(22)16-11-7-4-8-12-16/h3,5-6,9-10,16,18-19H,4,7-8,11-14H2,1-2H3/t18-,19-/m1/s1. The van der Waals surface area contributed by atoms with E-state index in [2.05, 4.69) is 0 Å². The molecule has 0 bridgehead atoms. The molecule has 0 amide bonds. The number of rotatable bonds is 4. The minimum absolute atomic E-state index is 0.0999. The molecule has 0 heterocycles. The SMILES string of the molecule is COC(=O)C1(C(=O)OC)[C@@H](c2ccccc2)CC(=O)C[C@@H]1C1CCCCC1. The van der Waals surface area contributed by atoms with E-state index in [1.165, 1.54) is 14.2 Å². The van der Waals surface area contributed by atoms with Gasteiger partial charge in [-0.3, -0.25) is 14.4 Å². The molecule has 2 saturated carbocycles. The Bertz CT molecular complexity index is 674. The minimum Gasteiger partial charge on any atom is -0.468 e. The van der Waals surface area contributed by atoms with Crippen molar-refractivity contribution in [2.45, 2.75) is 50.9 Å². The summed E-state index contributed by atoms with van der Waals surface area (Å²) < 4.78 is 10.3. The van der Waals surface area contributed by atoms with Crippen molar-refractivity contribution >= 4 is 17.7 Å². The fourth-order valence-electron chi connectivity index (χ4n) is 5.29. The molecule has 0 saturated heterocycles. The van der Waals surface area contributed by atoms with Crippen LogP contribution in [0.2, 0.25) is 0 Å². The Morgan fingerprint density at radius 2 is 1.52 bits per heavy atom. The van der Waals surface area contributed by atoms with Crippen molar-refractivity contribution in [1.29, 1.82) is 0 Å². The van der Waals surface area contributed by atoms with E-state index < -0.39 is 23.3 Å². The minimum atomic E-state index is -1.47. The first-order valence-electron chi connectivity index (χ1n) is 9.79. The zero-order chi connectivity index (χ0) is 19.4. The highest BCUT2D eigenvalue weighted by molar-refractivity contribution is 6.04. The van der Waals surface area contributed by atoms with E-state index in [9.17, 15) is 14.4 Å². The molecular formula is C22H28O5. The number of hydrogen-bond acceptors (Lipinski definition) is 5. The molecule has 5 heteroatoms. The average molecular weight is 372 g/mol. The van der Waals surface area contributed by atoms with E-state index >= 15 is 0 Å². The Balaban J connectivity index is 2.18. The summed E-state index contributed by atoms with van der Waals surface area (Å²) in [5, 5.41) is 0. The van der Waals surface area contributed by atoms with Crippen molar-refractivity contribution < 1.29 is 23.9 Å². The molecule has 1 aromatic rings. The number of ether oxygens (including phenoxy) is 2. The van der Waals surface area contributed by atoms with Crippen LogP contribution < -0.4 is 0 Å². The molecule has 2 aliphatic carbocycles. The Morgan fingerprint density at radius 3 is 2.07 bits per heavy atom. The molecular weight excluding hydrogens is 344 g/mol. The summed E-state index contributed by atoms with van der Waals surface area (Å²) in [5.74, 6) is -1.86. The van der Waals surface area contributed by atoms with Crippen molar-refractivity contribution in [3.8, 4) is 0 Å². The molecule has 3 rings (SSSR count). The van der Waals surface area contributed by atoms with Gasteiger partial charge in [0.25, 0.3) is 0 Å². The number of benzene rings is 1. The lowest BCUT2D eigenvalue weighted by Crippen LogP contribution is -2.57. The van der Waals surface area contributed by atoms with Crippen molar-refractivity contribution in [2.24, 2.45) is 17.3 Å². The van der Waals surface area contributed by atoms with E-state index in [0.29, 0.717) is 0 Å².